The lowest BCUT2D eigenvalue weighted by Crippen LogP contribution is -2.27. The van der Waals surface area contributed by atoms with E-state index in [-0.39, 0.29) is 6.42 Å². The second-order valence-electron chi connectivity index (χ2n) is 6.53. The van der Waals surface area contributed by atoms with E-state index in [1.54, 1.807) is 12.2 Å². The first kappa shape index (κ1) is 18.5. The highest BCUT2D eigenvalue weighted by Gasteiger charge is 2.37. The molecule has 0 aromatic heterocycles. The summed E-state index contributed by atoms with van der Waals surface area (Å²) in [4.78, 5) is 2.18. The third kappa shape index (κ3) is 5.11. The molecule has 1 unspecified atom stereocenters. The van der Waals surface area contributed by atoms with Crippen molar-refractivity contribution in [2.75, 3.05) is 13.1 Å². The van der Waals surface area contributed by atoms with Gasteiger partial charge < -0.3 is 10.2 Å². The van der Waals surface area contributed by atoms with Crippen molar-refractivity contribution in [3.8, 4) is 0 Å². The smallest absolute Gasteiger partial charge is 0.347 e. The van der Waals surface area contributed by atoms with Gasteiger partial charge >= 0.3 is 6.18 Å². The molecule has 1 heterocycles. The molecular formula is C21H23F3N2. The largest absolute Gasteiger partial charge is 0.395 e. The van der Waals surface area contributed by atoms with Gasteiger partial charge in [0.2, 0.25) is 0 Å². The van der Waals surface area contributed by atoms with E-state index in [9.17, 15) is 13.2 Å². The van der Waals surface area contributed by atoms with Crippen LogP contribution in [0.25, 0.3) is 0 Å². The minimum Gasteiger partial charge on any atom is -0.347 e. The average Bonchev–Trinajstić information content (AvgIpc) is 2.66. The Hall–Kier alpha value is -2.27. The van der Waals surface area contributed by atoms with Crippen LogP contribution in [0.3, 0.4) is 0 Å². The number of hydrogen-bond acceptors (Lipinski definition) is 2. The summed E-state index contributed by atoms with van der Waals surface area (Å²) >= 11 is 0. The Morgan fingerprint density at radius 3 is 2.58 bits per heavy atom. The van der Waals surface area contributed by atoms with Gasteiger partial charge in [-0.3, -0.25) is 0 Å². The maximum absolute atomic E-state index is 12.7. The molecule has 1 aromatic carbocycles. The molecule has 0 saturated heterocycles. The Balaban J connectivity index is 1.71. The van der Waals surface area contributed by atoms with Crippen molar-refractivity contribution in [3.05, 3.63) is 83.7 Å². The van der Waals surface area contributed by atoms with Crippen molar-refractivity contribution >= 4 is 0 Å². The number of rotatable bonds is 5. The lowest BCUT2D eigenvalue weighted by molar-refractivity contribution is -0.160. The fraction of sp³-hybridized carbons (Fsp3) is 0.333. The molecule has 0 fully saturated rings. The van der Waals surface area contributed by atoms with Crippen LogP contribution in [0.5, 0.6) is 0 Å². The molecule has 0 spiro atoms. The van der Waals surface area contributed by atoms with Gasteiger partial charge in [-0.05, 0) is 30.1 Å². The molecule has 1 aromatic rings. The normalized spacial score (nSPS) is 20.8. The van der Waals surface area contributed by atoms with Crippen LogP contribution in [0.1, 0.15) is 18.4 Å². The van der Waals surface area contributed by atoms with Crippen LogP contribution in [0.4, 0.5) is 13.2 Å². The third-order valence-corrected chi connectivity index (χ3v) is 4.60. The fourth-order valence-corrected chi connectivity index (χ4v) is 3.08. The minimum atomic E-state index is -4.17. The maximum atomic E-state index is 12.7. The molecule has 1 aliphatic heterocycles. The maximum Gasteiger partial charge on any atom is 0.395 e. The van der Waals surface area contributed by atoms with Crippen LogP contribution in [0.2, 0.25) is 0 Å². The topological polar surface area (TPSA) is 15.3 Å². The number of allylic oxidation sites excluding steroid dienone is 5. The number of nitrogens with one attached hydrogen (secondary N) is 1. The highest BCUT2D eigenvalue weighted by molar-refractivity contribution is 5.34. The molecule has 1 atom stereocenters. The molecule has 2 aliphatic rings. The zero-order valence-corrected chi connectivity index (χ0v) is 14.5. The summed E-state index contributed by atoms with van der Waals surface area (Å²) in [5.41, 5.74) is 3.25. The van der Waals surface area contributed by atoms with Crippen molar-refractivity contribution in [1.82, 2.24) is 10.2 Å². The van der Waals surface area contributed by atoms with Gasteiger partial charge in [-0.25, -0.2) is 0 Å². The Morgan fingerprint density at radius 1 is 1.15 bits per heavy atom. The summed E-state index contributed by atoms with van der Waals surface area (Å²) in [7, 11) is 0. The molecule has 0 radical (unpaired) electrons. The van der Waals surface area contributed by atoms with Crippen LogP contribution in [-0.2, 0) is 6.54 Å². The van der Waals surface area contributed by atoms with Gasteiger partial charge in [0.15, 0.2) is 0 Å². The van der Waals surface area contributed by atoms with Gasteiger partial charge in [-0.2, -0.15) is 13.2 Å². The van der Waals surface area contributed by atoms with E-state index in [0.717, 1.165) is 31.6 Å². The lowest BCUT2D eigenvalue weighted by Gasteiger charge is -2.27. The summed E-state index contributed by atoms with van der Waals surface area (Å²) in [5, 5.41) is 3.30. The molecule has 3 rings (SSSR count). The summed E-state index contributed by atoms with van der Waals surface area (Å²) < 4.78 is 38.2. The van der Waals surface area contributed by atoms with Crippen molar-refractivity contribution < 1.29 is 13.2 Å². The van der Waals surface area contributed by atoms with Crippen molar-refractivity contribution in [3.63, 3.8) is 0 Å². The number of benzene rings is 1. The van der Waals surface area contributed by atoms with Gasteiger partial charge in [0, 0.05) is 31.5 Å². The monoisotopic (exact) mass is 360 g/mol. The fourth-order valence-electron chi connectivity index (χ4n) is 3.08. The SMILES string of the molecule is FC(F)(F)C1C=CC(/C=C/N(Cc2ccccc2)C2=CCNCC2)=CC1. The molecule has 0 saturated carbocycles. The number of nitrogens with zero attached hydrogens (tertiary/aromatic N) is 1. The number of halogens is 3. The highest BCUT2D eigenvalue weighted by atomic mass is 19.4. The summed E-state index contributed by atoms with van der Waals surface area (Å²) in [6.45, 7) is 2.51. The van der Waals surface area contributed by atoms with Gasteiger partial charge in [0.25, 0.3) is 0 Å². The van der Waals surface area contributed by atoms with Gasteiger partial charge in [-0.15, -0.1) is 0 Å². The van der Waals surface area contributed by atoms with Crippen molar-refractivity contribution in [2.24, 2.45) is 5.92 Å². The predicted octanol–water partition coefficient (Wildman–Crippen LogP) is 4.94. The molecule has 5 heteroatoms. The molecule has 26 heavy (non-hydrogen) atoms. The number of alkyl halides is 3. The van der Waals surface area contributed by atoms with Crippen molar-refractivity contribution in [2.45, 2.75) is 25.6 Å². The highest BCUT2D eigenvalue weighted by Crippen LogP contribution is 2.33. The van der Waals surface area contributed by atoms with Gasteiger partial charge in [-0.1, -0.05) is 54.6 Å². The third-order valence-electron chi connectivity index (χ3n) is 4.60. The zero-order valence-electron chi connectivity index (χ0n) is 14.5. The van der Waals surface area contributed by atoms with Gasteiger partial charge in [0.1, 0.15) is 0 Å². The average molecular weight is 360 g/mol. The summed E-state index contributed by atoms with van der Waals surface area (Å²) in [5.74, 6) is -1.37. The van der Waals surface area contributed by atoms with Gasteiger partial charge in [0.05, 0.1) is 5.92 Å². The standard InChI is InChI=1S/C21H23F3N2/c22-21(23,24)19-8-6-17(7-9-19)12-15-26(20-10-13-25-14-11-20)16-18-4-2-1-3-5-18/h1-8,10,12,15,19,25H,9,11,13-14,16H2/b15-12+. The minimum absolute atomic E-state index is 0.00494. The Kier molecular flexibility index (Phi) is 5.99. The predicted molar refractivity (Wildman–Crippen MR) is 98.1 cm³/mol. The first-order chi connectivity index (χ1) is 12.5. The molecule has 1 N–H and O–H groups in total. The second kappa shape index (κ2) is 8.41. The van der Waals surface area contributed by atoms with E-state index in [4.69, 9.17) is 0 Å². The Morgan fingerprint density at radius 2 is 1.96 bits per heavy atom. The molecule has 2 nitrogen and oxygen atoms in total. The number of hydrogen-bond donors (Lipinski definition) is 1. The van der Waals surface area contributed by atoms with E-state index < -0.39 is 12.1 Å². The van der Waals surface area contributed by atoms with Crippen molar-refractivity contribution in [1.29, 1.82) is 0 Å². The Bertz CT molecular complexity index is 715. The van der Waals surface area contributed by atoms with E-state index in [2.05, 4.69) is 28.4 Å². The lowest BCUT2D eigenvalue weighted by atomic mass is 9.96. The van der Waals surface area contributed by atoms with E-state index >= 15 is 0 Å². The Labute approximate surface area is 152 Å². The van der Waals surface area contributed by atoms with Crippen LogP contribution < -0.4 is 5.32 Å². The molecule has 0 amide bonds. The first-order valence-electron chi connectivity index (χ1n) is 8.86. The molecule has 0 bridgehead atoms. The molecular weight excluding hydrogens is 337 g/mol. The van der Waals surface area contributed by atoms with Crippen LogP contribution >= 0.6 is 0 Å². The molecule has 138 valence electrons. The quantitative estimate of drug-likeness (QED) is 0.800. The van der Waals surface area contributed by atoms with E-state index in [1.807, 2.05) is 30.5 Å². The zero-order chi connectivity index (χ0) is 18.4. The van der Waals surface area contributed by atoms with E-state index in [1.165, 1.54) is 17.3 Å². The van der Waals surface area contributed by atoms with Crippen LogP contribution in [0.15, 0.2) is 78.2 Å². The summed E-state index contributed by atoms with van der Waals surface area (Å²) in [6, 6.07) is 10.2. The molecule has 1 aliphatic carbocycles. The van der Waals surface area contributed by atoms with Crippen LogP contribution in [0, 0.1) is 5.92 Å². The van der Waals surface area contributed by atoms with E-state index in [0.29, 0.717) is 0 Å². The van der Waals surface area contributed by atoms with Crippen LogP contribution in [-0.4, -0.2) is 24.2 Å². The summed E-state index contributed by atoms with van der Waals surface area (Å²) in [6.07, 6.45) is 7.30. The second-order valence-corrected chi connectivity index (χ2v) is 6.53. The first-order valence-corrected chi connectivity index (χ1v) is 8.86.